The van der Waals surface area contributed by atoms with Gasteiger partial charge in [0.15, 0.2) is 0 Å². The van der Waals surface area contributed by atoms with Crippen LogP contribution in [0.5, 0.6) is 0 Å². The van der Waals surface area contributed by atoms with Gasteiger partial charge in [-0.2, -0.15) is 5.10 Å². The maximum Gasteiger partial charge on any atom is 0.0902 e. The fourth-order valence-electron chi connectivity index (χ4n) is 2.71. The smallest absolute Gasteiger partial charge is 0.0902 e. The number of hydrogen-bond acceptors (Lipinski definition) is 2. The van der Waals surface area contributed by atoms with Gasteiger partial charge in [-0.15, -0.1) is 0 Å². The Morgan fingerprint density at radius 2 is 1.86 bits per heavy atom. The van der Waals surface area contributed by atoms with Gasteiger partial charge in [-0.05, 0) is 44.2 Å². The van der Waals surface area contributed by atoms with Gasteiger partial charge in [0.2, 0.25) is 0 Å². The van der Waals surface area contributed by atoms with E-state index in [1.54, 1.807) is 6.07 Å². The molecule has 0 radical (unpaired) electrons. The summed E-state index contributed by atoms with van der Waals surface area (Å²) >= 11 is 12.3. The fourth-order valence-corrected chi connectivity index (χ4v) is 3.21. The summed E-state index contributed by atoms with van der Waals surface area (Å²) in [6, 6.07) is 11.7. The van der Waals surface area contributed by atoms with E-state index in [2.05, 4.69) is 29.9 Å². The fraction of sp³-hybridized carbons (Fsp3) is 0.235. The van der Waals surface area contributed by atoms with E-state index in [1.165, 1.54) is 0 Å². The Labute approximate surface area is 140 Å². The number of hydrogen-bond donors (Lipinski definition) is 0. The van der Waals surface area contributed by atoms with Crippen LogP contribution in [-0.2, 0) is 0 Å². The van der Waals surface area contributed by atoms with Crippen LogP contribution in [0.3, 0.4) is 0 Å². The predicted octanol–water partition coefficient (Wildman–Crippen LogP) is 5.15. The zero-order chi connectivity index (χ0) is 15.7. The molecule has 0 saturated carbocycles. The molecule has 3 rings (SSSR count). The van der Waals surface area contributed by atoms with Crippen molar-refractivity contribution in [2.24, 2.45) is 0 Å². The van der Waals surface area contributed by atoms with Crippen molar-refractivity contribution in [1.82, 2.24) is 9.61 Å². The molecular weight excluding hydrogens is 317 g/mol. The van der Waals surface area contributed by atoms with Gasteiger partial charge in [0.1, 0.15) is 0 Å². The largest absolute Gasteiger partial charge is 0.369 e. The molecule has 0 saturated heterocycles. The average molecular weight is 334 g/mol. The number of aromatic nitrogens is 2. The van der Waals surface area contributed by atoms with Crippen LogP contribution in [0.1, 0.15) is 13.8 Å². The van der Waals surface area contributed by atoms with Gasteiger partial charge in [-0.3, -0.25) is 0 Å². The number of pyridine rings is 1. The highest BCUT2D eigenvalue weighted by Crippen LogP contribution is 2.32. The van der Waals surface area contributed by atoms with E-state index in [4.69, 9.17) is 23.2 Å². The third kappa shape index (κ3) is 2.55. The molecule has 0 amide bonds. The van der Waals surface area contributed by atoms with Gasteiger partial charge in [-0.1, -0.05) is 29.3 Å². The van der Waals surface area contributed by atoms with Crippen LogP contribution in [0.2, 0.25) is 10.0 Å². The van der Waals surface area contributed by atoms with E-state index >= 15 is 0 Å². The Morgan fingerprint density at radius 1 is 1.09 bits per heavy atom. The van der Waals surface area contributed by atoms with Crippen molar-refractivity contribution in [3.63, 3.8) is 0 Å². The summed E-state index contributed by atoms with van der Waals surface area (Å²) in [7, 11) is 0. The lowest BCUT2D eigenvalue weighted by Gasteiger charge is -2.19. The van der Waals surface area contributed by atoms with E-state index in [-0.39, 0.29) is 0 Å². The summed E-state index contributed by atoms with van der Waals surface area (Å²) in [5.41, 5.74) is 4.09. The monoisotopic (exact) mass is 333 g/mol. The SMILES string of the molecule is CCN(CC)c1cnn2c(-c3ccc(Cl)cc3Cl)cccc12. The molecule has 0 aliphatic rings. The molecule has 2 heterocycles. The lowest BCUT2D eigenvalue weighted by molar-refractivity contribution is 0.870. The second kappa shape index (κ2) is 6.19. The summed E-state index contributed by atoms with van der Waals surface area (Å²) in [6.07, 6.45) is 1.91. The second-order valence-corrected chi connectivity index (χ2v) is 5.88. The van der Waals surface area contributed by atoms with E-state index in [0.29, 0.717) is 10.0 Å². The Hall–Kier alpha value is -1.71. The van der Waals surface area contributed by atoms with Gasteiger partial charge in [0.25, 0.3) is 0 Å². The van der Waals surface area contributed by atoms with Crippen molar-refractivity contribution < 1.29 is 0 Å². The highest BCUT2D eigenvalue weighted by atomic mass is 35.5. The van der Waals surface area contributed by atoms with Gasteiger partial charge in [0.05, 0.1) is 28.1 Å². The number of halogens is 2. The van der Waals surface area contributed by atoms with Gasteiger partial charge < -0.3 is 4.90 Å². The minimum Gasteiger partial charge on any atom is -0.369 e. The van der Waals surface area contributed by atoms with E-state index in [0.717, 1.165) is 35.6 Å². The molecule has 2 aromatic heterocycles. The molecular formula is C17H17Cl2N3. The number of nitrogens with zero attached hydrogens (tertiary/aromatic N) is 3. The number of anilines is 1. The van der Waals surface area contributed by atoms with Gasteiger partial charge >= 0.3 is 0 Å². The van der Waals surface area contributed by atoms with E-state index < -0.39 is 0 Å². The molecule has 0 aliphatic heterocycles. The molecule has 114 valence electrons. The first-order chi connectivity index (χ1) is 10.7. The predicted molar refractivity (Wildman–Crippen MR) is 94.2 cm³/mol. The van der Waals surface area contributed by atoms with Gasteiger partial charge in [-0.25, -0.2) is 4.52 Å². The highest BCUT2D eigenvalue weighted by Gasteiger charge is 2.14. The zero-order valence-electron chi connectivity index (χ0n) is 12.6. The van der Waals surface area contributed by atoms with E-state index in [9.17, 15) is 0 Å². The van der Waals surface area contributed by atoms with Crippen LogP contribution < -0.4 is 4.90 Å². The van der Waals surface area contributed by atoms with Crippen LogP contribution in [0.25, 0.3) is 16.8 Å². The van der Waals surface area contributed by atoms with Crippen molar-refractivity contribution in [3.8, 4) is 11.3 Å². The quantitative estimate of drug-likeness (QED) is 0.657. The Bertz CT molecular complexity index is 807. The first-order valence-electron chi connectivity index (χ1n) is 7.32. The van der Waals surface area contributed by atoms with Crippen LogP contribution in [0, 0.1) is 0 Å². The minimum atomic E-state index is 0.625. The molecule has 0 N–H and O–H groups in total. The number of benzene rings is 1. The molecule has 1 aromatic carbocycles. The summed E-state index contributed by atoms with van der Waals surface area (Å²) in [4.78, 5) is 2.29. The Balaban J connectivity index is 2.20. The highest BCUT2D eigenvalue weighted by molar-refractivity contribution is 6.36. The van der Waals surface area contributed by atoms with Crippen molar-refractivity contribution in [3.05, 3.63) is 52.6 Å². The topological polar surface area (TPSA) is 20.5 Å². The molecule has 5 heteroatoms. The maximum absolute atomic E-state index is 6.35. The molecule has 0 spiro atoms. The maximum atomic E-state index is 6.35. The van der Waals surface area contributed by atoms with Crippen molar-refractivity contribution >= 4 is 34.4 Å². The molecule has 3 aromatic rings. The number of fused-ring (bicyclic) bond motifs is 1. The molecule has 0 aliphatic carbocycles. The Kier molecular flexibility index (Phi) is 4.27. The Morgan fingerprint density at radius 3 is 2.55 bits per heavy atom. The summed E-state index contributed by atoms with van der Waals surface area (Å²) in [5, 5.41) is 5.81. The molecule has 0 bridgehead atoms. The zero-order valence-corrected chi connectivity index (χ0v) is 14.1. The summed E-state index contributed by atoms with van der Waals surface area (Å²) < 4.78 is 1.93. The second-order valence-electron chi connectivity index (χ2n) is 5.03. The van der Waals surface area contributed by atoms with Crippen LogP contribution in [0.15, 0.2) is 42.6 Å². The lowest BCUT2D eigenvalue weighted by Crippen LogP contribution is -2.21. The third-order valence-electron chi connectivity index (χ3n) is 3.83. The van der Waals surface area contributed by atoms with Gasteiger partial charge in [0, 0.05) is 23.7 Å². The molecule has 0 atom stereocenters. The molecule has 3 nitrogen and oxygen atoms in total. The minimum absolute atomic E-state index is 0.625. The van der Waals surface area contributed by atoms with Crippen LogP contribution in [0.4, 0.5) is 5.69 Å². The molecule has 22 heavy (non-hydrogen) atoms. The van der Waals surface area contributed by atoms with Crippen molar-refractivity contribution in [2.45, 2.75) is 13.8 Å². The normalized spacial score (nSPS) is 11.1. The lowest BCUT2D eigenvalue weighted by atomic mass is 10.1. The first kappa shape index (κ1) is 15.2. The third-order valence-corrected chi connectivity index (χ3v) is 4.38. The number of rotatable bonds is 4. The summed E-state index contributed by atoms with van der Waals surface area (Å²) in [6.45, 7) is 6.19. The first-order valence-corrected chi connectivity index (χ1v) is 8.08. The molecule has 0 unspecified atom stereocenters. The van der Waals surface area contributed by atoms with E-state index in [1.807, 2.05) is 35.0 Å². The molecule has 0 fully saturated rings. The van der Waals surface area contributed by atoms with Crippen LogP contribution in [-0.4, -0.2) is 22.7 Å². The standard InChI is InChI=1S/C17H17Cl2N3/c1-3-21(4-2)17-11-20-22-15(6-5-7-16(17)22)13-9-8-12(18)10-14(13)19/h5-11H,3-4H2,1-2H3. The van der Waals surface area contributed by atoms with Crippen molar-refractivity contribution in [2.75, 3.05) is 18.0 Å². The average Bonchev–Trinajstić information content (AvgIpc) is 2.93. The van der Waals surface area contributed by atoms with Crippen LogP contribution >= 0.6 is 23.2 Å². The summed E-state index contributed by atoms with van der Waals surface area (Å²) in [5.74, 6) is 0. The van der Waals surface area contributed by atoms with Crippen molar-refractivity contribution in [1.29, 1.82) is 0 Å².